The average molecular weight is 431 g/mol. The van der Waals surface area contributed by atoms with Gasteiger partial charge in [-0.1, -0.05) is 24.3 Å². The molecule has 122 valence electrons. The molecule has 2 aromatic carbocycles. The van der Waals surface area contributed by atoms with Gasteiger partial charge in [0.15, 0.2) is 0 Å². The zero-order valence-corrected chi connectivity index (χ0v) is 15.5. The van der Waals surface area contributed by atoms with E-state index in [0.29, 0.717) is 6.54 Å². The third kappa shape index (κ3) is 3.84. The number of rotatable bonds is 5. The van der Waals surface area contributed by atoms with Gasteiger partial charge in [-0.05, 0) is 71.3 Å². The number of benzene rings is 2. The molecule has 0 radical (unpaired) electrons. The lowest BCUT2D eigenvalue weighted by atomic mass is 10.1. The number of nitrogens with zero attached hydrogens (tertiary/aromatic N) is 2. The van der Waals surface area contributed by atoms with Crippen molar-refractivity contribution >= 4 is 28.5 Å². The van der Waals surface area contributed by atoms with Crippen molar-refractivity contribution in [1.29, 1.82) is 0 Å². The molecular weight excluding hydrogens is 413 g/mol. The first-order valence-corrected chi connectivity index (χ1v) is 8.85. The first kappa shape index (κ1) is 16.7. The van der Waals surface area contributed by atoms with Crippen LogP contribution in [0.4, 0.5) is 0 Å². The maximum atomic E-state index is 12.3. The molecule has 0 spiro atoms. The number of carbonyl (C=O) groups excluding carboxylic acids is 1. The lowest BCUT2D eigenvalue weighted by Gasteiger charge is -2.09. The summed E-state index contributed by atoms with van der Waals surface area (Å²) in [4.78, 5) is 12.3. The fourth-order valence-corrected chi connectivity index (χ4v) is 3.08. The molecule has 3 aromatic rings. The highest BCUT2D eigenvalue weighted by Gasteiger charge is 2.10. The Morgan fingerprint density at radius 3 is 2.67 bits per heavy atom. The van der Waals surface area contributed by atoms with Gasteiger partial charge in [-0.25, -0.2) is 4.68 Å². The van der Waals surface area contributed by atoms with Gasteiger partial charge in [0.05, 0.1) is 11.3 Å². The summed E-state index contributed by atoms with van der Waals surface area (Å²) >= 11 is 2.22. The summed E-state index contributed by atoms with van der Waals surface area (Å²) in [6, 6.07) is 15.9. The van der Waals surface area contributed by atoms with E-state index in [9.17, 15) is 4.79 Å². The van der Waals surface area contributed by atoms with E-state index >= 15 is 0 Å². The summed E-state index contributed by atoms with van der Waals surface area (Å²) in [6.45, 7) is 2.63. The summed E-state index contributed by atoms with van der Waals surface area (Å²) in [5.74, 6) is -0.0174. The van der Waals surface area contributed by atoms with Gasteiger partial charge in [0, 0.05) is 22.5 Å². The smallest absolute Gasteiger partial charge is 0.252 e. The molecule has 0 fully saturated rings. The molecule has 1 amide bonds. The molecule has 24 heavy (non-hydrogen) atoms. The monoisotopic (exact) mass is 431 g/mol. The van der Waals surface area contributed by atoms with E-state index in [1.807, 2.05) is 54.2 Å². The Morgan fingerprint density at radius 2 is 1.96 bits per heavy atom. The minimum absolute atomic E-state index is 0.0174. The van der Waals surface area contributed by atoms with E-state index in [0.717, 1.165) is 26.8 Å². The van der Waals surface area contributed by atoms with Crippen molar-refractivity contribution in [2.75, 3.05) is 6.54 Å². The number of amides is 1. The van der Waals surface area contributed by atoms with Crippen molar-refractivity contribution in [3.8, 4) is 5.69 Å². The Balaban J connectivity index is 1.56. The molecule has 0 saturated heterocycles. The van der Waals surface area contributed by atoms with Crippen LogP contribution in [0.5, 0.6) is 0 Å². The number of halogens is 1. The van der Waals surface area contributed by atoms with Crippen LogP contribution in [0.3, 0.4) is 0 Å². The Labute approximate surface area is 155 Å². The van der Waals surface area contributed by atoms with E-state index in [1.54, 1.807) is 6.20 Å². The topological polar surface area (TPSA) is 46.9 Å². The number of aromatic nitrogens is 2. The molecule has 0 bridgehead atoms. The fourth-order valence-electron chi connectivity index (χ4n) is 2.48. The van der Waals surface area contributed by atoms with Crippen LogP contribution in [0.1, 0.15) is 21.5 Å². The Kier molecular flexibility index (Phi) is 5.30. The second kappa shape index (κ2) is 7.61. The average Bonchev–Trinajstić information content (AvgIpc) is 3.12. The lowest BCUT2D eigenvalue weighted by Crippen LogP contribution is -2.26. The number of nitrogens with one attached hydrogen (secondary N) is 1. The standard InChI is InChI=1S/C19H18IN3O/c1-14-4-2-5-17(18(14)20)19(24)21-12-10-15-6-8-16(9-7-15)23-13-3-11-22-23/h2-9,11,13H,10,12H2,1H3,(H,21,24). The van der Waals surface area contributed by atoms with E-state index in [2.05, 4.69) is 45.1 Å². The molecule has 0 aliphatic heterocycles. The molecule has 0 aliphatic carbocycles. The molecule has 0 atom stereocenters. The summed E-state index contributed by atoms with van der Waals surface area (Å²) < 4.78 is 2.83. The zero-order chi connectivity index (χ0) is 16.9. The zero-order valence-electron chi connectivity index (χ0n) is 13.4. The number of carbonyl (C=O) groups is 1. The van der Waals surface area contributed by atoms with Gasteiger partial charge in [-0.3, -0.25) is 4.79 Å². The molecule has 1 aromatic heterocycles. The van der Waals surface area contributed by atoms with E-state index in [-0.39, 0.29) is 5.91 Å². The summed E-state index contributed by atoms with van der Waals surface area (Å²) in [5, 5.41) is 7.21. The maximum absolute atomic E-state index is 12.3. The van der Waals surface area contributed by atoms with Crippen LogP contribution in [0, 0.1) is 10.5 Å². The van der Waals surface area contributed by atoms with E-state index in [4.69, 9.17) is 0 Å². The van der Waals surface area contributed by atoms with E-state index in [1.165, 1.54) is 5.56 Å². The molecule has 0 unspecified atom stereocenters. The minimum atomic E-state index is -0.0174. The highest BCUT2D eigenvalue weighted by Crippen LogP contribution is 2.16. The fraction of sp³-hybridized carbons (Fsp3) is 0.158. The van der Waals surface area contributed by atoms with Crippen LogP contribution in [-0.4, -0.2) is 22.2 Å². The van der Waals surface area contributed by atoms with Crippen LogP contribution in [0.25, 0.3) is 5.69 Å². The first-order chi connectivity index (χ1) is 11.6. The second-order valence-electron chi connectivity index (χ2n) is 5.56. The van der Waals surface area contributed by atoms with Crippen molar-refractivity contribution in [1.82, 2.24) is 15.1 Å². The molecule has 3 rings (SSSR count). The molecule has 5 heteroatoms. The molecule has 1 heterocycles. The summed E-state index contributed by atoms with van der Waals surface area (Å²) in [6.07, 6.45) is 4.47. The predicted molar refractivity (Wildman–Crippen MR) is 103 cm³/mol. The van der Waals surface area contributed by atoms with Crippen LogP contribution in [0.15, 0.2) is 60.9 Å². The van der Waals surface area contributed by atoms with Gasteiger partial charge in [-0.2, -0.15) is 5.10 Å². The van der Waals surface area contributed by atoms with Crippen LogP contribution >= 0.6 is 22.6 Å². The van der Waals surface area contributed by atoms with Gasteiger partial charge in [-0.15, -0.1) is 0 Å². The van der Waals surface area contributed by atoms with Gasteiger partial charge >= 0.3 is 0 Å². The van der Waals surface area contributed by atoms with Crippen molar-refractivity contribution in [3.63, 3.8) is 0 Å². The van der Waals surface area contributed by atoms with Crippen LogP contribution in [0.2, 0.25) is 0 Å². The third-order valence-electron chi connectivity index (χ3n) is 3.84. The number of hydrogen-bond acceptors (Lipinski definition) is 2. The normalized spacial score (nSPS) is 10.6. The molecular formula is C19H18IN3O. The lowest BCUT2D eigenvalue weighted by molar-refractivity contribution is 0.0953. The van der Waals surface area contributed by atoms with Crippen LogP contribution < -0.4 is 5.32 Å². The molecule has 4 nitrogen and oxygen atoms in total. The first-order valence-electron chi connectivity index (χ1n) is 7.77. The van der Waals surface area contributed by atoms with Gasteiger partial charge in [0.2, 0.25) is 0 Å². The number of aryl methyl sites for hydroxylation is 1. The van der Waals surface area contributed by atoms with Gasteiger partial charge in [0.1, 0.15) is 0 Å². The van der Waals surface area contributed by atoms with Gasteiger partial charge < -0.3 is 5.32 Å². The maximum Gasteiger partial charge on any atom is 0.252 e. The van der Waals surface area contributed by atoms with Crippen molar-refractivity contribution in [2.24, 2.45) is 0 Å². The van der Waals surface area contributed by atoms with Crippen molar-refractivity contribution < 1.29 is 4.79 Å². The highest BCUT2D eigenvalue weighted by molar-refractivity contribution is 14.1. The second-order valence-corrected chi connectivity index (χ2v) is 6.64. The summed E-state index contributed by atoms with van der Waals surface area (Å²) in [7, 11) is 0. The highest BCUT2D eigenvalue weighted by atomic mass is 127. The molecule has 0 aliphatic rings. The van der Waals surface area contributed by atoms with Crippen molar-refractivity contribution in [2.45, 2.75) is 13.3 Å². The largest absolute Gasteiger partial charge is 0.352 e. The van der Waals surface area contributed by atoms with Crippen LogP contribution in [-0.2, 0) is 6.42 Å². The Morgan fingerprint density at radius 1 is 1.17 bits per heavy atom. The quantitative estimate of drug-likeness (QED) is 0.626. The van der Waals surface area contributed by atoms with Gasteiger partial charge in [0.25, 0.3) is 5.91 Å². The van der Waals surface area contributed by atoms with Crippen molar-refractivity contribution in [3.05, 3.63) is 81.2 Å². The minimum Gasteiger partial charge on any atom is -0.352 e. The summed E-state index contributed by atoms with van der Waals surface area (Å²) in [5.41, 5.74) is 4.08. The number of hydrogen-bond donors (Lipinski definition) is 1. The SMILES string of the molecule is Cc1cccc(C(=O)NCCc2ccc(-n3cccn3)cc2)c1I. The predicted octanol–water partition coefficient (Wildman–Crippen LogP) is 3.76. The Bertz CT molecular complexity index is 826. The molecule has 1 N–H and O–H groups in total. The Hall–Kier alpha value is -2.15. The van der Waals surface area contributed by atoms with E-state index < -0.39 is 0 Å². The third-order valence-corrected chi connectivity index (χ3v) is 5.27. The molecule has 0 saturated carbocycles.